The van der Waals surface area contributed by atoms with Crippen LogP contribution in [0.4, 0.5) is 13.2 Å². The van der Waals surface area contributed by atoms with Crippen LogP contribution in [0, 0.1) is 23.4 Å². The molecule has 0 radical (unpaired) electrons. The van der Waals surface area contributed by atoms with Gasteiger partial charge in [0, 0.05) is 30.2 Å². The van der Waals surface area contributed by atoms with Crippen LogP contribution in [0.25, 0.3) is 11.4 Å². The Morgan fingerprint density at radius 3 is 2.56 bits per heavy atom. The van der Waals surface area contributed by atoms with Crippen LogP contribution < -0.4 is 5.32 Å². The van der Waals surface area contributed by atoms with E-state index in [1.807, 2.05) is 0 Å². The molecule has 36 heavy (non-hydrogen) atoms. The second-order valence-electron chi connectivity index (χ2n) is 8.65. The van der Waals surface area contributed by atoms with E-state index >= 15 is 0 Å². The molecule has 8 nitrogen and oxygen atoms in total. The van der Waals surface area contributed by atoms with E-state index in [1.165, 1.54) is 12.1 Å². The summed E-state index contributed by atoms with van der Waals surface area (Å²) in [4.78, 5) is 28.6. The quantitative estimate of drug-likeness (QED) is 0.408. The smallest absolute Gasteiger partial charge is 0.333 e. The van der Waals surface area contributed by atoms with Crippen LogP contribution in [0.5, 0.6) is 5.75 Å². The third-order valence-corrected chi connectivity index (χ3v) is 6.13. The number of carboxylic acid groups (broad SMARTS) is 1. The zero-order valence-electron chi connectivity index (χ0n) is 19.1. The topological polar surface area (TPSA) is 126 Å². The highest BCUT2D eigenvalue weighted by molar-refractivity contribution is 5.89. The van der Waals surface area contributed by atoms with E-state index in [-0.39, 0.29) is 60.0 Å². The molecule has 1 aliphatic rings. The molecular weight excluding hydrogens is 479 g/mol. The maximum atomic E-state index is 14.4. The SMILES string of the molecule is CC1CC(NC(=O)CCc2nc(-c3ccc(O)cc3)no2)=C(C(=O)O)CC1c1cc(F)cc(F)c1F. The summed E-state index contributed by atoms with van der Waals surface area (Å²) >= 11 is 0. The number of allylic oxidation sites excluding steroid dienone is 1. The first-order valence-corrected chi connectivity index (χ1v) is 11.1. The van der Waals surface area contributed by atoms with Crippen LogP contribution in [-0.4, -0.2) is 32.2 Å². The molecule has 188 valence electrons. The molecular formula is C25H22F3N3O5. The van der Waals surface area contributed by atoms with Crippen LogP contribution in [-0.2, 0) is 16.0 Å². The molecule has 0 saturated heterocycles. The van der Waals surface area contributed by atoms with Gasteiger partial charge < -0.3 is 20.1 Å². The van der Waals surface area contributed by atoms with E-state index in [0.717, 1.165) is 6.07 Å². The summed E-state index contributed by atoms with van der Waals surface area (Å²) in [6, 6.07) is 7.47. The molecule has 2 unspecified atom stereocenters. The van der Waals surface area contributed by atoms with Crippen molar-refractivity contribution in [2.45, 2.75) is 38.5 Å². The van der Waals surface area contributed by atoms with E-state index in [9.17, 15) is 33.0 Å². The summed E-state index contributed by atoms with van der Waals surface area (Å²) in [6.07, 6.45) is -0.111. The standard InChI is InChI=1S/C25H22F3N3O5/c1-12-8-20(18(25(34)35)11-16(12)17-9-14(26)10-19(27)23(17)28)29-21(33)6-7-22-30-24(31-36-22)13-2-4-15(32)5-3-13/h2-5,9-10,12,16,32H,6-8,11H2,1H3,(H,29,33)(H,34,35). The number of halogens is 3. The minimum absolute atomic E-state index is 0.0706. The van der Waals surface area contributed by atoms with Gasteiger partial charge in [0.1, 0.15) is 11.6 Å². The fraction of sp³-hybridized carbons (Fsp3) is 0.280. The lowest BCUT2D eigenvalue weighted by Crippen LogP contribution is -2.32. The second-order valence-corrected chi connectivity index (χ2v) is 8.65. The number of nitrogens with zero attached hydrogens (tertiary/aromatic N) is 2. The fourth-order valence-corrected chi connectivity index (χ4v) is 4.27. The van der Waals surface area contributed by atoms with Crippen LogP contribution >= 0.6 is 0 Å². The van der Waals surface area contributed by atoms with Gasteiger partial charge in [-0.05, 0) is 60.6 Å². The molecule has 0 saturated carbocycles. The Bertz CT molecular complexity index is 1340. The van der Waals surface area contributed by atoms with Gasteiger partial charge in [0.05, 0.1) is 5.57 Å². The van der Waals surface area contributed by atoms with Gasteiger partial charge in [-0.2, -0.15) is 4.98 Å². The molecule has 2 aromatic carbocycles. The number of carbonyl (C=O) groups is 2. The predicted octanol–water partition coefficient (Wildman–Crippen LogP) is 4.46. The molecule has 3 N–H and O–H groups in total. The largest absolute Gasteiger partial charge is 0.508 e. The number of phenols is 1. The van der Waals surface area contributed by atoms with Crippen molar-refractivity contribution in [3.63, 3.8) is 0 Å². The number of aliphatic carboxylic acids is 1. The molecule has 0 spiro atoms. The van der Waals surface area contributed by atoms with E-state index in [0.29, 0.717) is 11.6 Å². The number of amides is 1. The molecule has 1 aromatic heterocycles. The van der Waals surface area contributed by atoms with E-state index < -0.39 is 41.2 Å². The Labute approximate surface area is 203 Å². The number of hydrogen-bond acceptors (Lipinski definition) is 6. The van der Waals surface area contributed by atoms with Gasteiger partial charge in [0.25, 0.3) is 0 Å². The van der Waals surface area contributed by atoms with E-state index in [2.05, 4.69) is 15.5 Å². The van der Waals surface area contributed by atoms with Gasteiger partial charge in [-0.15, -0.1) is 0 Å². The monoisotopic (exact) mass is 501 g/mol. The van der Waals surface area contributed by atoms with Crippen LogP contribution in [0.15, 0.2) is 52.2 Å². The summed E-state index contributed by atoms with van der Waals surface area (Å²) in [7, 11) is 0. The van der Waals surface area contributed by atoms with Crippen molar-refractivity contribution in [2.24, 2.45) is 5.92 Å². The average Bonchev–Trinajstić information content (AvgIpc) is 3.30. The van der Waals surface area contributed by atoms with Crippen molar-refractivity contribution in [3.05, 3.63) is 76.6 Å². The third-order valence-electron chi connectivity index (χ3n) is 6.13. The minimum Gasteiger partial charge on any atom is -0.508 e. The average molecular weight is 501 g/mol. The summed E-state index contributed by atoms with van der Waals surface area (Å²) in [5.41, 5.74) is 0.403. The number of nitrogens with one attached hydrogen (secondary N) is 1. The molecule has 0 bridgehead atoms. The number of hydrogen-bond donors (Lipinski definition) is 3. The second kappa shape index (κ2) is 10.2. The normalized spacial score (nSPS) is 17.8. The third kappa shape index (κ3) is 5.40. The predicted molar refractivity (Wildman–Crippen MR) is 120 cm³/mol. The Morgan fingerprint density at radius 1 is 1.14 bits per heavy atom. The Kier molecular flexibility index (Phi) is 7.09. The van der Waals surface area contributed by atoms with Crippen molar-refractivity contribution < 1.29 is 37.5 Å². The summed E-state index contributed by atoms with van der Waals surface area (Å²) in [6.45, 7) is 1.70. The van der Waals surface area contributed by atoms with Crippen LogP contribution in [0.3, 0.4) is 0 Å². The van der Waals surface area contributed by atoms with Crippen molar-refractivity contribution in [1.29, 1.82) is 0 Å². The van der Waals surface area contributed by atoms with E-state index in [4.69, 9.17) is 4.52 Å². The van der Waals surface area contributed by atoms with Gasteiger partial charge in [0.2, 0.25) is 17.6 Å². The van der Waals surface area contributed by atoms with Gasteiger partial charge in [-0.3, -0.25) is 4.79 Å². The highest BCUT2D eigenvalue weighted by Gasteiger charge is 2.34. The zero-order valence-corrected chi connectivity index (χ0v) is 19.1. The van der Waals surface area contributed by atoms with Gasteiger partial charge in [-0.25, -0.2) is 18.0 Å². The molecule has 0 aliphatic heterocycles. The van der Waals surface area contributed by atoms with Crippen molar-refractivity contribution in [1.82, 2.24) is 15.5 Å². The zero-order chi connectivity index (χ0) is 26.0. The molecule has 1 heterocycles. The maximum Gasteiger partial charge on any atom is 0.333 e. The minimum atomic E-state index is -1.34. The highest BCUT2D eigenvalue weighted by atomic mass is 19.2. The molecule has 3 aromatic rings. The van der Waals surface area contributed by atoms with Crippen molar-refractivity contribution in [2.75, 3.05) is 0 Å². The lowest BCUT2D eigenvalue weighted by molar-refractivity contribution is -0.133. The first kappa shape index (κ1) is 25.0. The van der Waals surface area contributed by atoms with Gasteiger partial charge in [-0.1, -0.05) is 12.1 Å². The molecule has 1 aliphatic carbocycles. The summed E-state index contributed by atoms with van der Waals surface area (Å²) < 4.78 is 47.0. The fourth-order valence-electron chi connectivity index (χ4n) is 4.27. The number of carboxylic acids is 1. The summed E-state index contributed by atoms with van der Waals surface area (Å²) in [5, 5.41) is 25.5. The lowest BCUT2D eigenvalue weighted by atomic mass is 9.75. The molecule has 2 atom stereocenters. The Morgan fingerprint density at radius 2 is 1.86 bits per heavy atom. The van der Waals surface area contributed by atoms with Gasteiger partial charge in [0.15, 0.2) is 11.6 Å². The molecule has 0 fully saturated rings. The molecule has 11 heteroatoms. The van der Waals surface area contributed by atoms with Crippen molar-refractivity contribution in [3.8, 4) is 17.1 Å². The van der Waals surface area contributed by atoms with Crippen molar-refractivity contribution >= 4 is 11.9 Å². The van der Waals surface area contributed by atoms with Crippen LogP contribution in [0.1, 0.15) is 43.6 Å². The number of benzene rings is 2. The Balaban J connectivity index is 1.44. The van der Waals surface area contributed by atoms with Crippen LogP contribution in [0.2, 0.25) is 0 Å². The number of carbonyl (C=O) groups excluding carboxylic acids is 1. The van der Waals surface area contributed by atoms with E-state index in [1.54, 1.807) is 19.1 Å². The Hall–Kier alpha value is -4.15. The highest BCUT2D eigenvalue weighted by Crippen LogP contribution is 2.41. The van der Waals surface area contributed by atoms with Gasteiger partial charge >= 0.3 is 5.97 Å². The number of aryl methyl sites for hydroxylation is 1. The molecule has 1 amide bonds. The summed E-state index contributed by atoms with van der Waals surface area (Å²) in [5.74, 6) is -5.91. The lowest BCUT2D eigenvalue weighted by Gasteiger charge is -2.32. The molecule has 4 rings (SSSR count). The number of aromatic hydroxyl groups is 1. The number of phenolic OH excluding ortho intramolecular Hbond substituents is 1. The number of rotatable bonds is 7. The first-order valence-electron chi connectivity index (χ1n) is 11.1. The maximum absolute atomic E-state index is 14.4. The number of aromatic nitrogens is 2. The first-order chi connectivity index (χ1) is 17.1.